The largest absolute Gasteiger partial charge is 0.488 e. The van der Waals surface area contributed by atoms with Crippen LogP contribution in [0.25, 0.3) is 0 Å². The van der Waals surface area contributed by atoms with Gasteiger partial charge in [0.1, 0.15) is 0 Å². The first-order valence-corrected chi connectivity index (χ1v) is 8.82. The van der Waals surface area contributed by atoms with Gasteiger partial charge in [-0.1, -0.05) is 82.2 Å². The molecule has 0 saturated heterocycles. The minimum atomic E-state index is -1.49. The lowest BCUT2D eigenvalue weighted by atomic mass is 9.80. The number of rotatable bonds is 12. The van der Waals surface area contributed by atoms with Gasteiger partial charge in [-0.05, 0) is 24.4 Å². The van der Waals surface area contributed by atoms with Gasteiger partial charge < -0.3 is 10.0 Å². The standard InChI is InChI=1S/C19H29BO3/c1-2-3-4-5-6-7-8-9-10-11-12-19(21)17-13-15-18(16-14-17)20(22)23/h11-16,22-23H,2-10H2,1H3/b12-11+. The zero-order valence-corrected chi connectivity index (χ0v) is 14.2. The average Bonchev–Trinajstić information content (AvgIpc) is 2.56. The van der Waals surface area contributed by atoms with Gasteiger partial charge in [0.15, 0.2) is 5.78 Å². The van der Waals surface area contributed by atoms with Gasteiger partial charge in [0.2, 0.25) is 0 Å². The smallest absolute Gasteiger partial charge is 0.423 e. The maximum absolute atomic E-state index is 11.9. The third-order valence-corrected chi connectivity index (χ3v) is 3.99. The molecule has 0 heterocycles. The Morgan fingerprint density at radius 2 is 1.52 bits per heavy atom. The Morgan fingerprint density at radius 3 is 2.09 bits per heavy atom. The Balaban J connectivity index is 2.15. The van der Waals surface area contributed by atoms with Crippen LogP contribution < -0.4 is 5.46 Å². The second kappa shape index (κ2) is 12.1. The molecule has 126 valence electrons. The third kappa shape index (κ3) is 8.72. The molecule has 4 heteroatoms. The van der Waals surface area contributed by atoms with E-state index in [9.17, 15) is 4.79 Å². The van der Waals surface area contributed by atoms with E-state index < -0.39 is 7.12 Å². The quantitative estimate of drug-likeness (QED) is 0.268. The maximum atomic E-state index is 11.9. The second-order valence-electron chi connectivity index (χ2n) is 6.03. The number of hydrogen-bond acceptors (Lipinski definition) is 3. The van der Waals surface area contributed by atoms with Crippen LogP contribution in [-0.2, 0) is 0 Å². The van der Waals surface area contributed by atoms with Crippen molar-refractivity contribution in [3.63, 3.8) is 0 Å². The van der Waals surface area contributed by atoms with Crippen LogP contribution in [0.2, 0.25) is 0 Å². The molecule has 23 heavy (non-hydrogen) atoms. The van der Waals surface area contributed by atoms with Crippen LogP contribution in [0.1, 0.15) is 75.1 Å². The molecule has 0 radical (unpaired) electrons. The lowest BCUT2D eigenvalue weighted by Crippen LogP contribution is -2.29. The van der Waals surface area contributed by atoms with Gasteiger partial charge in [-0.3, -0.25) is 4.79 Å². The Kier molecular flexibility index (Phi) is 10.3. The van der Waals surface area contributed by atoms with Gasteiger partial charge in [0.05, 0.1) is 0 Å². The Hall–Kier alpha value is -1.39. The zero-order valence-electron chi connectivity index (χ0n) is 14.2. The van der Waals surface area contributed by atoms with Crippen molar-refractivity contribution in [1.29, 1.82) is 0 Å². The molecule has 2 N–H and O–H groups in total. The summed E-state index contributed by atoms with van der Waals surface area (Å²) in [5, 5.41) is 18.0. The van der Waals surface area contributed by atoms with Crippen LogP contribution in [0.5, 0.6) is 0 Å². The van der Waals surface area contributed by atoms with Crippen LogP contribution in [0.3, 0.4) is 0 Å². The van der Waals surface area contributed by atoms with Crippen LogP contribution in [-0.4, -0.2) is 22.9 Å². The molecule has 0 amide bonds. The van der Waals surface area contributed by atoms with Crippen LogP contribution in [0, 0.1) is 0 Å². The number of ketones is 1. The summed E-state index contributed by atoms with van der Waals surface area (Å²) in [5.74, 6) is -0.0384. The summed E-state index contributed by atoms with van der Waals surface area (Å²) < 4.78 is 0. The predicted octanol–water partition coefficient (Wildman–Crippen LogP) is 3.64. The van der Waals surface area contributed by atoms with Crippen molar-refractivity contribution in [2.24, 2.45) is 0 Å². The lowest BCUT2D eigenvalue weighted by molar-refractivity contribution is 0.104. The van der Waals surface area contributed by atoms with E-state index in [4.69, 9.17) is 10.0 Å². The molecule has 0 bridgehead atoms. The minimum absolute atomic E-state index is 0.0384. The first-order valence-electron chi connectivity index (χ1n) is 8.82. The van der Waals surface area contributed by atoms with Crippen LogP contribution in [0.4, 0.5) is 0 Å². The molecule has 3 nitrogen and oxygen atoms in total. The summed E-state index contributed by atoms with van der Waals surface area (Å²) in [5.41, 5.74) is 0.964. The molecule has 0 saturated carbocycles. The number of carbonyl (C=O) groups excluding carboxylic acids is 1. The van der Waals surface area contributed by atoms with E-state index in [1.807, 2.05) is 6.08 Å². The van der Waals surface area contributed by atoms with Crippen LogP contribution >= 0.6 is 0 Å². The van der Waals surface area contributed by atoms with E-state index in [0.717, 1.165) is 12.8 Å². The molecular weight excluding hydrogens is 287 g/mol. The molecule has 1 rings (SSSR count). The van der Waals surface area contributed by atoms with Crippen molar-refractivity contribution in [2.45, 2.75) is 64.7 Å². The Bertz CT molecular complexity index is 466. The number of hydrogen-bond donors (Lipinski definition) is 2. The van der Waals surface area contributed by atoms with Crippen molar-refractivity contribution in [1.82, 2.24) is 0 Å². The summed E-state index contributed by atoms with van der Waals surface area (Å²) in [4.78, 5) is 11.9. The molecule has 0 atom stereocenters. The molecule has 0 aliphatic heterocycles. The number of unbranched alkanes of at least 4 members (excludes halogenated alkanes) is 8. The monoisotopic (exact) mass is 316 g/mol. The number of carbonyl (C=O) groups is 1. The van der Waals surface area contributed by atoms with Gasteiger partial charge >= 0.3 is 7.12 Å². The third-order valence-electron chi connectivity index (χ3n) is 3.99. The first-order chi connectivity index (χ1) is 11.1. The molecular formula is C19H29BO3. The number of benzene rings is 1. The second-order valence-corrected chi connectivity index (χ2v) is 6.03. The van der Waals surface area contributed by atoms with Crippen LogP contribution in [0.15, 0.2) is 36.4 Å². The van der Waals surface area contributed by atoms with E-state index in [-0.39, 0.29) is 5.78 Å². The first kappa shape index (κ1) is 19.7. The Labute approximate surface area is 140 Å². The van der Waals surface area contributed by atoms with Crippen molar-refractivity contribution in [3.8, 4) is 0 Å². The molecule has 0 aliphatic carbocycles. The molecule has 0 unspecified atom stereocenters. The molecule has 1 aromatic carbocycles. The fourth-order valence-corrected chi connectivity index (χ4v) is 2.50. The predicted molar refractivity (Wildman–Crippen MR) is 97.0 cm³/mol. The fourth-order valence-electron chi connectivity index (χ4n) is 2.50. The fraction of sp³-hybridized carbons (Fsp3) is 0.526. The summed E-state index contributed by atoms with van der Waals surface area (Å²) in [7, 11) is -1.49. The highest BCUT2D eigenvalue weighted by Gasteiger charge is 2.10. The summed E-state index contributed by atoms with van der Waals surface area (Å²) in [6.45, 7) is 2.23. The average molecular weight is 316 g/mol. The molecule has 0 spiro atoms. The van der Waals surface area contributed by atoms with E-state index in [1.165, 1.54) is 44.9 Å². The van der Waals surface area contributed by atoms with Gasteiger partial charge in [0.25, 0.3) is 0 Å². The lowest BCUT2D eigenvalue weighted by Gasteiger charge is -2.01. The van der Waals surface area contributed by atoms with Gasteiger partial charge in [-0.2, -0.15) is 0 Å². The SMILES string of the molecule is CCCCCCCCCC/C=C/C(=O)c1ccc(B(O)O)cc1. The molecule has 0 aliphatic rings. The highest BCUT2D eigenvalue weighted by Crippen LogP contribution is 2.10. The molecule has 1 aromatic rings. The summed E-state index contributed by atoms with van der Waals surface area (Å²) in [6, 6.07) is 6.37. The van der Waals surface area contributed by atoms with Gasteiger partial charge in [-0.25, -0.2) is 0 Å². The molecule has 0 fully saturated rings. The van der Waals surface area contributed by atoms with Crippen molar-refractivity contribution in [2.75, 3.05) is 0 Å². The zero-order chi connectivity index (χ0) is 16.9. The number of allylic oxidation sites excluding steroid dienone is 2. The molecule has 0 aromatic heterocycles. The van der Waals surface area contributed by atoms with E-state index in [2.05, 4.69) is 6.92 Å². The van der Waals surface area contributed by atoms with E-state index >= 15 is 0 Å². The topological polar surface area (TPSA) is 57.5 Å². The van der Waals surface area contributed by atoms with Crippen molar-refractivity contribution in [3.05, 3.63) is 42.0 Å². The Morgan fingerprint density at radius 1 is 0.957 bits per heavy atom. The minimum Gasteiger partial charge on any atom is -0.423 e. The van der Waals surface area contributed by atoms with Crippen molar-refractivity contribution >= 4 is 18.4 Å². The van der Waals surface area contributed by atoms with Gasteiger partial charge in [-0.15, -0.1) is 0 Å². The summed E-state index contributed by atoms with van der Waals surface area (Å²) in [6.07, 6.45) is 14.8. The maximum Gasteiger partial charge on any atom is 0.488 e. The highest BCUT2D eigenvalue weighted by molar-refractivity contribution is 6.58. The summed E-state index contributed by atoms with van der Waals surface area (Å²) >= 11 is 0. The highest BCUT2D eigenvalue weighted by atomic mass is 16.4. The van der Waals surface area contributed by atoms with Gasteiger partial charge in [0, 0.05) is 5.56 Å². The van der Waals surface area contributed by atoms with E-state index in [0.29, 0.717) is 11.0 Å². The van der Waals surface area contributed by atoms with E-state index in [1.54, 1.807) is 30.3 Å². The van der Waals surface area contributed by atoms with Crippen molar-refractivity contribution < 1.29 is 14.8 Å². The normalized spacial score (nSPS) is 11.1.